The van der Waals surface area contributed by atoms with Crippen LogP contribution in [0.3, 0.4) is 0 Å². The van der Waals surface area contributed by atoms with E-state index in [0.29, 0.717) is 37.8 Å². The Morgan fingerprint density at radius 2 is 1.51 bits per heavy atom. The Hall–Kier alpha value is -5.88. The first-order valence-electron chi connectivity index (χ1n) is 20.4. The van der Waals surface area contributed by atoms with Crippen molar-refractivity contribution in [1.82, 2.24) is 40.4 Å². The van der Waals surface area contributed by atoms with Gasteiger partial charge in [0.15, 0.2) is 0 Å². The minimum absolute atomic E-state index is 0.122. The molecular formula is C44H54N8O7. The minimum Gasteiger partial charge on any atom is -0.453 e. The summed E-state index contributed by atoms with van der Waals surface area (Å²) in [7, 11) is 2.57. The zero-order valence-corrected chi connectivity index (χ0v) is 34.8. The molecule has 4 N–H and O–H groups in total. The molecule has 3 aliphatic heterocycles. The van der Waals surface area contributed by atoms with Crippen molar-refractivity contribution in [3.63, 3.8) is 0 Å². The van der Waals surface area contributed by atoms with Crippen molar-refractivity contribution in [3.8, 4) is 23.1 Å². The maximum atomic E-state index is 14.0. The van der Waals surface area contributed by atoms with E-state index < -0.39 is 29.9 Å². The molecule has 7 rings (SSSR count). The number of nitrogens with one attached hydrogen (secondary N) is 4. The Morgan fingerprint density at radius 1 is 0.864 bits per heavy atom. The smallest absolute Gasteiger partial charge is 0.407 e. The normalized spacial score (nSPS) is 22.4. The molecule has 4 aromatic rings. The highest BCUT2D eigenvalue weighted by Gasteiger charge is 2.51. The number of fused-ring (bicyclic) bond motifs is 1. The number of likely N-dealkylation sites (tertiary alicyclic amines) is 2. The number of benzene rings is 2. The molecule has 15 heteroatoms. The third-order valence-corrected chi connectivity index (χ3v) is 11.7. The number of aromatic nitrogens is 4. The molecular weight excluding hydrogens is 753 g/mol. The van der Waals surface area contributed by atoms with Crippen LogP contribution in [0.25, 0.3) is 22.3 Å². The van der Waals surface area contributed by atoms with Crippen molar-refractivity contribution in [2.45, 2.75) is 90.1 Å². The van der Waals surface area contributed by atoms with Crippen LogP contribution in [-0.2, 0) is 23.8 Å². The van der Waals surface area contributed by atoms with Crippen LogP contribution in [0, 0.1) is 29.6 Å². The van der Waals surface area contributed by atoms with Crippen LogP contribution in [-0.4, -0.2) is 105 Å². The van der Waals surface area contributed by atoms with Crippen LogP contribution in [0.1, 0.15) is 95.2 Å². The third-order valence-electron chi connectivity index (χ3n) is 11.7. The van der Waals surface area contributed by atoms with Gasteiger partial charge < -0.3 is 44.6 Å². The summed E-state index contributed by atoms with van der Waals surface area (Å²) in [5, 5.41) is 5.43. The average molecular weight is 807 g/mol. The molecule has 3 saturated heterocycles. The highest BCUT2D eigenvalue weighted by atomic mass is 16.5. The third kappa shape index (κ3) is 8.78. The lowest BCUT2D eigenvalue weighted by Crippen LogP contribution is -2.51. The van der Waals surface area contributed by atoms with Crippen molar-refractivity contribution in [2.75, 3.05) is 33.9 Å². The van der Waals surface area contributed by atoms with Crippen LogP contribution < -0.4 is 10.6 Å². The number of hydrogen-bond donors (Lipinski definition) is 4. The Labute approximate surface area is 344 Å². The number of rotatable bonds is 9. The highest BCUT2D eigenvalue weighted by Crippen LogP contribution is 2.45. The summed E-state index contributed by atoms with van der Waals surface area (Å²) < 4.78 is 15.8. The summed E-state index contributed by atoms with van der Waals surface area (Å²) in [6.45, 7) is 11.3. The fourth-order valence-corrected chi connectivity index (χ4v) is 8.56. The SMILES string of the molecule is COC(=O)N[C@H](C(=O)N1C[C@@H](C)C[C@H]1c1ncc(-c2ccc(C#Cc3ccc4nc([C@@H]5C[C@@]6(CCCO6)CN5C(=O)[C@@H](NC(=O)OC)C(C)C)[nH]c4c3)cc2)[nH]1)C(C)C. The van der Waals surface area contributed by atoms with E-state index in [1.54, 1.807) is 11.1 Å². The Balaban J connectivity index is 1.05. The van der Waals surface area contributed by atoms with Crippen molar-refractivity contribution in [2.24, 2.45) is 17.8 Å². The number of alkyl carbamates (subject to hydrolysis) is 2. The van der Waals surface area contributed by atoms with E-state index in [0.717, 1.165) is 52.7 Å². The quantitative estimate of drug-likeness (QED) is 0.151. The van der Waals surface area contributed by atoms with E-state index in [1.807, 2.05) is 75.1 Å². The minimum atomic E-state index is -0.760. The molecule has 59 heavy (non-hydrogen) atoms. The van der Waals surface area contributed by atoms with Crippen molar-refractivity contribution >= 4 is 35.0 Å². The number of carbonyl (C=O) groups is 4. The molecule has 0 saturated carbocycles. The van der Waals surface area contributed by atoms with Crippen LogP contribution in [0.15, 0.2) is 48.7 Å². The summed E-state index contributed by atoms with van der Waals surface area (Å²) in [4.78, 5) is 72.0. The van der Waals surface area contributed by atoms with E-state index in [4.69, 9.17) is 19.2 Å². The molecule has 3 fully saturated rings. The second kappa shape index (κ2) is 17.1. The number of ether oxygens (including phenoxy) is 3. The molecule has 15 nitrogen and oxygen atoms in total. The molecule has 2 aromatic carbocycles. The van der Waals surface area contributed by atoms with Crippen LogP contribution in [0.2, 0.25) is 0 Å². The molecule has 6 atom stereocenters. The van der Waals surface area contributed by atoms with Gasteiger partial charge in [-0.3, -0.25) is 9.59 Å². The fourth-order valence-electron chi connectivity index (χ4n) is 8.56. The van der Waals surface area contributed by atoms with Gasteiger partial charge in [0.25, 0.3) is 0 Å². The van der Waals surface area contributed by atoms with Crippen LogP contribution in [0.5, 0.6) is 0 Å². The number of hydrogen-bond acceptors (Lipinski definition) is 9. The number of amides is 4. The van der Waals surface area contributed by atoms with Crippen LogP contribution in [0.4, 0.5) is 9.59 Å². The number of nitrogens with zero attached hydrogens (tertiary/aromatic N) is 4. The average Bonchev–Trinajstić information content (AvgIpc) is 4.08. The van der Waals surface area contributed by atoms with E-state index >= 15 is 0 Å². The maximum Gasteiger partial charge on any atom is 0.407 e. The van der Waals surface area contributed by atoms with Crippen molar-refractivity contribution in [1.29, 1.82) is 0 Å². The van der Waals surface area contributed by atoms with E-state index in [-0.39, 0.29) is 41.7 Å². The molecule has 2 aromatic heterocycles. The standard InChI is InChI=1S/C44H54N8O7/c1-25(2)36(49-42(55)57-6)40(53)51-23-27(5)19-34(51)38-45-22-33(48-38)30-14-11-28(12-15-30)9-10-29-13-16-31-32(20-29)47-39(46-31)35-21-44(17-8-18-59-44)24-52(35)41(54)37(26(3)4)50-43(56)58-7/h11-16,20,22,25-27,34-37H,8,17-19,21,23-24H2,1-7H3,(H,45,48)(H,46,47)(H,49,55)(H,50,56)/t27-,34-,35-,36-,37-,44-/m0/s1. The second-order valence-electron chi connectivity index (χ2n) is 16.7. The molecule has 312 valence electrons. The zero-order valence-electron chi connectivity index (χ0n) is 34.8. The summed E-state index contributed by atoms with van der Waals surface area (Å²) in [6.07, 6.45) is 3.65. The monoisotopic (exact) mass is 806 g/mol. The number of aromatic amines is 2. The number of imidazole rings is 2. The predicted octanol–water partition coefficient (Wildman–Crippen LogP) is 5.85. The first-order valence-corrected chi connectivity index (χ1v) is 20.4. The lowest BCUT2D eigenvalue weighted by atomic mass is 9.96. The van der Waals surface area contributed by atoms with E-state index in [1.165, 1.54) is 14.2 Å². The summed E-state index contributed by atoms with van der Waals surface area (Å²) in [5.41, 5.74) is 4.52. The van der Waals surface area contributed by atoms with Gasteiger partial charge in [0.2, 0.25) is 11.8 Å². The Bertz CT molecular complexity index is 2250. The molecule has 3 aliphatic rings. The molecule has 0 aliphatic carbocycles. The van der Waals surface area contributed by atoms with Gasteiger partial charge in [-0.15, -0.1) is 0 Å². The zero-order chi connectivity index (χ0) is 42.0. The lowest BCUT2D eigenvalue weighted by Gasteiger charge is -2.30. The van der Waals surface area contributed by atoms with Gasteiger partial charge in [0, 0.05) is 30.7 Å². The number of carbonyl (C=O) groups excluding carboxylic acids is 4. The molecule has 0 radical (unpaired) electrons. The summed E-state index contributed by atoms with van der Waals surface area (Å²) >= 11 is 0. The fraction of sp³-hybridized carbons (Fsp3) is 0.500. The topological polar surface area (TPSA) is 184 Å². The van der Waals surface area contributed by atoms with Gasteiger partial charge in [-0.05, 0) is 72.9 Å². The Morgan fingerprint density at radius 3 is 2.14 bits per heavy atom. The van der Waals surface area contributed by atoms with Gasteiger partial charge in [-0.25, -0.2) is 19.6 Å². The molecule has 5 heterocycles. The largest absolute Gasteiger partial charge is 0.453 e. The summed E-state index contributed by atoms with van der Waals surface area (Å²) in [6, 6.07) is 11.6. The van der Waals surface area contributed by atoms with Crippen molar-refractivity contribution < 1.29 is 33.4 Å². The number of methoxy groups -OCH3 is 2. The molecule has 4 amide bonds. The first kappa shape index (κ1) is 41.3. The highest BCUT2D eigenvalue weighted by molar-refractivity contribution is 5.87. The first-order chi connectivity index (χ1) is 28.3. The summed E-state index contributed by atoms with van der Waals surface area (Å²) in [5.74, 6) is 7.55. The van der Waals surface area contributed by atoms with E-state index in [9.17, 15) is 19.2 Å². The van der Waals surface area contributed by atoms with E-state index in [2.05, 4.69) is 44.4 Å². The van der Waals surface area contributed by atoms with Gasteiger partial charge in [-0.2, -0.15) is 0 Å². The molecule has 0 bridgehead atoms. The van der Waals surface area contributed by atoms with Crippen LogP contribution >= 0.6 is 0 Å². The van der Waals surface area contributed by atoms with Gasteiger partial charge in [0.05, 0.1) is 61.4 Å². The molecule has 1 spiro atoms. The number of H-pyrrole nitrogens is 2. The maximum absolute atomic E-state index is 14.0. The van der Waals surface area contributed by atoms with Gasteiger partial charge in [-0.1, -0.05) is 58.6 Å². The Kier molecular flexibility index (Phi) is 12.0. The van der Waals surface area contributed by atoms with Gasteiger partial charge >= 0.3 is 12.2 Å². The predicted molar refractivity (Wildman–Crippen MR) is 220 cm³/mol. The van der Waals surface area contributed by atoms with Gasteiger partial charge in [0.1, 0.15) is 23.7 Å². The molecule has 0 unspecified atom stereocenters. The second-order valence-corrected chi connectivity index (χ2v) is 16.7. The lowest BCUT2D eigenvalue weighted by molar-refractivity contribution is -0.136. The van der Waals surface area contributed by atoms with Crippen molar-refractivity contribution in [3.05, 3.63) is 71.4 Å².